The molecular formula is C25H51NO3S. The number of thioether (sulfide) groups is 1. The summed E-state index contributed by atoms with van der Waals surface area (Å²) in [4.78, 5) is 12.0. The van der Waals surface area contributed by atoms with Gasteiger partial charge in [0.2, 0.25) is 5.91 Å². The second kappa shape index (κ2) is 23.4. The first-order valence-electron chi connectivity index (χ1n) is 12.8. The maximum absolute atomic E-state index is 12.0. The minimum atomic E-state index is -0.684. The fourth-order valence-corrected chi connectivity index (χ4v) is 4.67. The van der Waals surface area contributed by atoms with Crippen molar-refractivity contribution in [2.24, 2.45) is 0 Å². The highest BCUT2D eigenvalue weighted by atomic mass is 32.2. The van der Waals surface area contributed by atoms with Crippen LogP contribution in [0, 0.1) is 0 Å². The van der Waals surface area contributed by atoms with E-state index in [1.165, 1.54) is 89.9 Å². The molecule has 4 nitrogen and oxygen atoms in total. The zero-order valence-electron chi connectivity index (χ0n) is 20.0. The van der Waals surface area contributed by atoms with Crippen molar-refractivity contribution in [1.82, 2.24) is 5.32 Å². The predicted octanol–water partition coefficient (Wildman–Crippen LogP) is 6.23. The molecule has 0 aromatic carbocycles. The summed E-state index contributed by atoms with van der Waals surface area (Å²) in [6.45, 7) is 4.23. The van der Waals surface area contributed by atoms with Crippen molar-refractivity contribution >= 4 is 17.7 Å². The van der Waals surface area contributed by atoms with Crippen LogP contribution in [-0.2, 0) is 4.79 Å². The molecule has 0 saturated heterocycles. The number of hydrogen-bond acceptors (Lipinski definition) is 4. The molecule has 0 aliphatic rings. The first-order valence-corrected chi connectivity index (χ1v) is 14.0. The van der Waals surface area contributed by atoms with E-state index in [-0.39, 0.29) is 12.5 Å². The summed E-state index contributed by atoms with van der Waals surface area (Å²) in [6.07, 6.45) is 20.1. The Kier molecular flexibility index (Phi) is 23.2. The van der Waals surface area contributed by atoms with Gasteiger partial charge in [-0.25, -0.2) is 0 Å². The SMILES string of the molecule is CCCCCCCCCCCCCSCC(O)C(CO)NC(=O)CCCCCCC. The number of nitrogens with one attached hydrogen (secondary N) is 1. The Labute approximate surface area is 191 Å². The van der Waals surface area contributed by atoms with E-state index in [1.54, 1.807) is 11.8 Å². The van der Waals surface area contributed by atoms with Crippen molar-refractivity contribution in [3.8, 4) is 0 Å². The second-order valence-corrected chi connectivity index (χ2v) is 9.85. The van der Waals surface area contributed by atoms with Crippen LogP contribution < -0.4 is 5.32 Å². The molecule has 30 heavy (non-hydrogen) atoms. The van der Waals surface area contributed by atoms with E-state index >= 15 is 0 Å². The van der Waals surface area contributed by atoms with Gasteiger partial charge in [-0.15, -0.1) is 0 Å². The predicted molar refractivity (Wildman–Crippen MR) is 132 cm³/mol. The maximum Gasteiger partial charge on any atom is 0.220 e. The highest BCUT2D eigenvalue weighted by molar-refractivity contribution is 7.99. The van der Waals surface area contributed by atoms with Gasteiger partial charge in [0, 0.05) is 12.2 Å². The van der Waals surface area contributed by atoms with Crippen molar-refractivity contribution < 1.29 is 15.0 Å². The number of amides is 1. The summed E-state index contributed by atoms with van der Waals surface area (Å²) in [5.41, 5.74) is 0. The van der Waals surface area contributed by atoms with Crippen LogP contribution in [0.4, 0.5) is 0 Å². The standard InChI is InChI=1S/C25H51NO3S/c1-3-5-7-9-10-11-12-13-14-16-18-20-30-22-24(28)23(21-27)26-25(29)19-17-15-8-6-4-2/h23-24,27-28H,3-22H2,1-2H3,(H,26,29). The maximum atomic E-state index is 12.0. The Balaban J connectivity index is 3.57. The zero-order valence-corrected chi connectivity index (χ0v) is 20.8. The fourth-order valence-electron chi connectivity index (χ4n) is 3.62. The number of aliphatic hydroxyl groups excluding tert-OH is 2. The fraction of sp³-hybridized carbons (Fsp3) is 0.960. The molecule has 0 heterocycles. The largest absolute Gasteiger partial charge is 0.394 e. The van der Waals surface area contributed by atoms with Crippen LogP contribution in [0.15, 0.2) is 0 Å². The third-order valence-corrected chi connectivity index (χ3v) is 6.85. The summed E-state index contributed by atoms with van der Waals surface area (Å²) in [7, 11) is 0. The van der Waals surface area contributed by atoms with Crippen molar-refractivity contribution in [3.63, 3.8) is 0 Å². The molecule has 2 unspecified atom stereocenters. The Bertz CT molecular complexity index is 368. The van der Waals surface area contributed by atoms with E-state index in [2.05, 4.69) is 19.2 Å². The Hall–Kier alpha value is -0.260. The Morgan fingerprint density at radius 3 is 1.73 bits per heavy atom. The van der Waals surface area contributed by atoms with Crippen molar-refractivity contribution in [2.45, 2.75) is 135 Å². The number of aliphatic hydroxyl groups is 2. The Morgan fingerprint density at radius 2 is 1.23 bits per heavy atom. The van der Waals surface area contributed by atoms with Crippen molar-refractivity contribution in [3.05, 3.63) is 0 Å². The number of rotatable bonds is 23. The molecule has 0 spiro atoms. The first-order chi connectivity index (χ1) is 14.7. The van der Waals surface area contributed by atoms with Gasteiger partial charge in [0.05, 0.1) is 18.8 Å². The molecule has 5 heteroatoms. The van der Waals surface area contributed by atoms with Crippen LogP contribution in [0.1, 0.15) is 123 Å². The van der Waals surface area contributed by atoms with Gasteiger partial charge in [-0.1, -0.05) is 104 Å². The molecule has 180 valence electrons. The van der Waals surface area contributed by atoms with Crippen LogP contribution in [0.5, 0.6) is 0 Å². The van der Waals surface area contributed by atoms with Gasteiger partial charge in [-0.2, -0.15) is 11.8 Å². The lowest BCUT2D eigenvalue weighted by Gasteiger charge is -2.22. The quantitative estimate of drug-likeness (QED) is 0.163. The molecule has 3 N–H and O–H groups in total. The number of carbonyl (C=O) groups is 1. The molecule has 2 atom stereocenters. The number of hydrogen-bond donors (Lipinski definition) is 3. The molecule has 0 radical (unpaired) electrons. The summed E-state index contributed by atoms with van der Waals surface area (Å²) in [6, 6.07) is -0.544. The van der Waals surface area contributed by atoms with E-state index in [1.807, 2.05) is 0 Å². The molecular weight excluding hydrogens is 394 g/mol. The molecule has 0 fully saturated rings. The third kappa shape index (κ3) is 19.7. The van der Waals surface area contributed by atoms with Crippen LogP contribution in [0.25, 0.3) is 0 Å². The van der Waals surface area contributed by atoms with E-state index in [0.717, 1.165) is 18.6 Å². The minimum Gasteiger partial charge on any atom is -0.394 e. The lowest BCUT2D eigenvalue weighted by Crippen LogP contribution is -2.46. The molecule has 0 aliphatic carbocycles. The van der Waals surface area contributed by atoms with Crippen LogP contribution >= 0.6 is 11.8 Å². The summed E-state index contributed by atoms with van der Waals surface area (Å²) in [5.74, 6) is 1.55. The molecule has 0 aromatic heterocycles. The summed E-state index contributed by atoms with van der Waals surface area (Å²) < 4.78 is 0. The average molecular weight is 446 g/mol. The van der Waals surface area contributed by atoms with Gasteiger partial charge in [-0.3, -0.25) is 4.79 Å². The number of unbranched alkanes of at least 4 members (excludes halogenated alkanes) is 14. The number of carbonyl (C=O) groups excluding carboxylic acids is 1. The van der Waals surface area contributed by atoms with Crippen LogP contribution in [0.2, 0.25) is 0 Å². The van der Waals surface area contributed by atoms with E-state index in [9.17, 15) is 15.0 Å². The van der Waals surface area contributed by atoms with Crippen LogP contribution in [0.3, 0.4) is 0 Å². The molecule has 0 bridgehead atoms. The normalized spacial score (nSPS) is 13.3. The molecule has 0 aromatic rings. The lowest BCUT2D eigenvalue weighted by molar-refractivity contribution is -0.123. The third-order valence-electron chi connectivity index (χ3n) is 5.70. The lowest BCUT2D eigenvalue weighted by atomic mass is 10.1. The highest BCUT2D eigenvalue weighted by Crippen LogP contribution is 2.14. The van der Waals surface area contributed by atoms with Crippen LogP contribution in [-0.4, -0.2) is 46.4 Å². The zero-order chi connectivity index (χ0) is 22.3. The summed E-state index contributed by atoms with van der Waals surface area (Å²) >= 11 is 1.73. The molecule has 0 aliphatic heterocycles. The van der Waals surface area contributed by atoms with E-state index < -0.39 is 12.1 Å². The Morgan fingerprint density at radius 1 is 0.767 bits per heavy atom. The van der Waals surface area contributed by atoms with Crippen molar-refractivity contribution in [1.29, 1.82) is 0 Å². The molecule has 0 saturated carbocycles. The summed E-state index contributed by atoms with van der Waals surface area (Å²) in [5, 5.41) is 22.6. The first kappa shape index (κ1) is 29.7. The van der Waals surface area contributed by atoms with Gasteiger partial charge >= 0.3 is 0 Å². The van der Waals surface area contributed by atoms with Gasteiger partial charge in [0.1, 0.15) is 0 Å². The van der Waals surface area contributed by atoms with Gasteiger partial charge < -0.3 is 15.5 Å². The molecule has 0 rings (SSSR count). The van der Waals surface area contributed by atoms with Gasteiger partial charge in [0.25, 0.3) is 0 Å². The van der Waals surface area contributed by atoms with Gasteiger partial charge in [0.15, 0.2) is 0 Å². The van der Waals surface area contributed by atoms with Crippen molar-refractivity contribution in [2.75, 3.05) is 18.1 Å². The highest BCUT2D eigenvalue weighted by Gasteiger charge is 2.20. The minimum absolute atomic E-state index is 0.0556. The smallest absolute Gasteiger partial charge is 0.220 e. The monoisotopic (exact) mass is 445 g/mol. The molecule has 1 amide bonds. The van der Waals surface area contributed by atoms with E-state index in [0.29, 0.717) is 12.2 Å². The topological polar surface area (TPSA) is 69.6 Å². The average Bonchev–Trinajstić information content (AvgIpc) is 2.75. The van der Waals surface area contributed by atoms with E-state index in [4.69, 9.17) is 0 Å². The van der Waals surface area contributed by atoms with Gasteiger partial charge in [-0.05, 0) is 18.6 Å². The second-order valence-electron chi connectivity index (χ2n) is 8.70.